The van der Waals surface area contributed by atoms with Gasteiger partial charge in [0, 0.05) is 0 Å². The van der Waals surface area contributed by atoms with Crippen LogP contribution in [0.1, 0.15) is 0 Å². The fourth-order valence-electron chi connectivity index (χ4n) is 0.0833. The van der Waals surface area contributed by atoms with Gasteiger partial charge in [0.2, 0.25) is 0 Å². The van der Waals surface area contributed by atoms with Crippen LogP contribution in [0.4, 0.5) is 0 Å². The van der Waals surface area contributed by atoms with Gasteiger partial charge in [-0.3, -0.25) is 0 Å². The Bertz CT molecular complexity index is 16.3. The van der Waals surface area contributed by atoms with Crippen molar-refractivity contribution < 1.29 is 29.6 Å². The van der Waals surface area contributed by atoms with Crippen molar-refractivity contribution in [1.29, 1.82) is 0 Å². The van der Waals surface area contributed by atoms with E-state index < -0.39 is 0 Å². The van der Waals surface area contributed by atoms with Crippen LogP contribution >= 0.6 is 11.8 Å². The molecule has 0 aliphatic rings. The van der Waals surface area contributed by atoms with E-state index in [-0.39, 0.29) is 29.6 Å². The van der Waals surface area contributed by atoms with Gasteiger partial charge in [-0.25, -0.2) is 0 Å². The van der Waals surface area contributed by atoms with Crippen LogP contribution in [0.5, 0.6) is 0 Å². The molecule has 0 aliphatic carbocycles. The molecule has 0 N–H and O–H groups in total. The summed E-state index contributed by atoms with van der Waals surface area (Å²) in [5.41, 5.74) is 0. The first-order valence-electron chi connectivity index (χ1n) is 1.49. The average Bonchev–Trinajstić information content (AvgIpc) is 1.41. The Morgan fingerprint density at radius 3 is 2.17 bits per heavy atom. The predicted molar refractivity (Wildman–Crippen MR) is 30.6 cm³/mol. The average molecular weight is 130 g/mol. The third-order valence-electron chi connectivity index (χ3n) is 0.287. The summed E-state index contributed by atoms with van der Waals surface area (Å²) in [4.78, 5) is 0. The van der Waals surface area contributed by atoms with Crippen molar-refractivity contribution >= 4 is 24.4 Å². The largest absolute Gasteiger partial charge is 1.00 e. The third kappa shape index (κ3) is 9.20. The summed E-state index contributed by atoms with van der Waals surface area (Å²) >= 11 is 6.43. The van der Waals surface area contributed by atoms with Gasteiger partial charge in [-0.15, -0.1) is 0 Å². The van der Waals surface area contributed by atoms with Crippen LogP contribution in [0.25, 0.3) is 0 Å². The molecule has 32 valence electrons. The molecule has 0 fully saturated rings. The Balaban J connectivity index is 0. The molecule has 0 saturated carbocycles. The molecule has 0 saturated heterocycles. The molecule has 0 atom stereocenters. The van der Waals surface area contributed by atoms with Crippen molar-refractivity contribution in [1.82, 2.24) is 0 Å². The van der Waals surface area contributed by atoms with Crippen LogP contribution in [-0.4, -0.2) is 17.8 Å². The van der Waals surface area contributed by atoms with Crippen molar-refractivity contribution in [3.63, 3.8) is 0 Å². The van der Waals surface area contributed by atoms with Crippen LogP contribution in [0.2, 0.25) is 0 Å². The minimum atomic E-state index is 0. The Morgan fingerprint density at radius 1 is 1.67 bits per heavy atom. The Morgan fingerprint density at radius 2 is 2.17 bits per heavy atom. The molecule has 0 rings (SSSR count). The first-order valence-corrected chi connectivity index (χ1v) is 3.46. The summed E-state index contributed by atoms with van der Waals surface area (Å²) in [7, 11) is 0. The quantitative estimate of drug-likeness (QED) is 0.310. The van der Waals surface area contributed by atoms with Crippen molar-refractivity contribution in [2.45, 2.75) is 0 Å². The zero-order valence-electron chi connectivity index (χ0n) is 4.23. The zero-order valence-corrected chi connectivity index (χ0v) is 7.86. The van der Waals surface area contributed by atoms with E-state index >= 15 is 0 Å². The van der Waals surface area contributed by atoms with Crippen molar-refractivity contribution in [3.8, 4) is 0 Å². The number of hydrogen-bond donors (Lipinski definition) is 0. The van der Waals surface area contributed by atoms with Crippen LogP contribution in [0.15, 0.2) is 0 Å². The van der Waals surface area contributed by atoms with E-state index in [9.17, 15) is 0 Å². The van der Waals surface area contributed by atoms with Gasteiger partial charge in [0.15, 0.2) is 0 Å². The molecular formula is C3H7NaS2. The second-order valence-electron chi connectivity index (χ2n) is 0.697. The normalized spacial score (nSPS) is 7.00. The van der Waals surface area contributed by atoms with Gasteiger partial charge >= 0.3 is 29.6 Å². The molecule has 6 heavy (non-hydrogen) atoms. The molecule has 0 aromatic heterocycles. The molecule has 0 radical (unpaired) electrons. The summed E-state index contributed by atoms with van der Waals surface area (Å²) in [6, 6.07) is 0. The molecular weight excluding hydrogens is 123 g/mol. The van der Waals surface area contributed by atoms with E-state index in [1.807, 2.05) is 0 Å². The molecule has 0 nitrogen and oxygen atoms in total. The monoisotopic (exact) mass is 130 g/mol. The Kier molecular flexibility index (Phi) is 17.5. The number of rotatable bonds is 2. The molecule has 0 aromatic carbocycles. The van der Waals surface area contributed by atoms with Crippen molar-refractivity contribution in [3.05, 3.63) is 0 Å². The fourth-order valence-corrected chi connectivity index (χ4v) is 0.750. The summed E-state index contributed by atoms with van der Waals surface area (Å²) < 4.78 is 0. The second-order valence-corrected chi connectivity index (χ2v) is 2.09. The Labute approximate surface area is 71.2 Å². The Hall–Kier alpha value is 1.70. The van der Waals surface area contributed by atoms with Gasteiger partial charge in [-0.2, -0.15) is 17.5 Å². The van der Waals surface area contributed by atoms with E-state index in [1.165, 1.54) is 0 Å². The van der Waals surface area contributed by atoms with Gasteiger partial charge in [0.25, 0.3) is 0 Å². The first kappa shape index (κ1) is 10.6. The molecule has 0 aliphatic heterocycles. The molecule has 0 bridgehead atoms. The van der Waals surface area contributed by atoms with E-state index in [1.54, 1.807) is 11.8 Å². The minimum absolute atomic E-state index is 0. The standard InChI is InChI=1S/C3H8S2.Na/c1-5-3-2-4;/h4H,2-3H2,1H3;/q;+1/p-1. The zero-order chi connectivity index (χ0) is 4.12. The van der Waals surface area contributed by atoms with E-state index in [0.29, 0.717) is 0 Å². The van der Waals surface area contributed by atoms with Gasteiger partial charge in [-0.1, -0.05) is 0 Å². The predicted octanol–water partition coefficient (Wildman–Crippen LogP) is -2.10. The minimum Gasteiger partial charge on any atom is -0.792 e. The van der Waals surface area contributed by atoms with Crippen molar-refractivity contribution in [2.24, 2.45) is 0 Å². The molecule has 0 amide bonds. The SMILES string of the molecule is CSCC[S-].[Na+]. The van der Waals surface area contributed by atoms with Crippen LogP contribution in [0.3, 0.4) is 0 Å². The summed E-state index contributed by atoms with van der Waals surface area (Å²) in [5, 5.41) is 0. The van der Waals surface area contributed by atoms with Gasteiger partial charge in [-0.05, 0) is 12.0 Å². The van der Waals surface area contributed by atoms with E-state index in [0.717, 1.165) is 11.5 Å². The molecule has 0 unspecified atom stereocenters. The summed E-state index contributed by atoms with van der Waals surface area (Å²) in [6.45, 7) is 0. The molecule has 0 aromatic rings. The fraction of sp³-hybridized carbons (Fsp3) is 1.00. The maximum atomic E-state index is 4.63. The van der Waals surface area contributed by atoms with Crippen LogP contribution < -0.4 is 29.6 Å². The summed E-state index contributed by atoms with van der Waals surface area (Å²) in [5.74, 6) is 2.01. The summed E-state index contributed by atoms with van der Waals surface area (Å²) in [6.07, 6.45) is 2.06. The topological polar surface area (TPSA) is 0 Å². The number of hydrogen-bond acceptors (Lipinski definition) is 2. The van der Waals surface area contributed by atoms with Crippen molar-refractivity contribution in [2.75, 3.05) is 17.8 Å². The van der Waals surface area contributed by atoms with Gasteiger partial charge in [0.1, 0.15) is 0 Å². The van der Waals surface area contributed by atoms with E-state index in [4.69, 9.17) is 0 Å². The molecule has 0 spiro atoms. The maximum Gasteiger partial charge on any atom is 1.00 e. The molecule has 3 heteroatoms. The maximum absolute atomic E-state index is 4.63. The van der Waals surface area contributed by atoms with Gasteiger partial charge < -0.3 is 12.6 Å². The smallest absolute Gasteiger partial charge is 0.792 e. The van der Waals surface area contributed by atoms with Gasteiger partial charge in [0.05, 0.1) is 0 Å². The first-order chi connectivity index (χ1) is 2.41. The third-order valence-corrected chi connectivity index (χ3v) is 1.36. The van der Waals surface area contributed by atoms with Crippen LogP contribution in [-0.2, 0) is 12.6 Å². The molecule has 0 heterocycles. The van der Waals surface area contributed by atoms with Crippen LogP contribution in [0, 0.1) is 0 Å². The second kappa shape index (κ2) is 9.85. The number of thioether (sulfide) groups is 1. The van der Waals surface area contributed by atoms with E-state index in [2.05, 4.69) is 18.9 Å².